The number of nitrogens with zero attached hydrogens (tertiary/aromatic N) is 2. The average Bonchev–Trinajstić information content (AvgIpc) is 3.22. The molecule has 0 spiro atoms. The van der Waals surface area contributed by atoms with Gasteiger partial charge in [-0.3, -0.25) is 4.79 Å². The quantitative estimate of drug-likeness (QED) is 0.283. The third kappa shape index (κ3) is 4.75. The smallest absolute Gasteiger partial charge is 0.313 e. The van der Waals surface area contributed by atoms with Crippen LogP contribution in [0.15, 0.2) is 103 Å². The van der Waals surface area contributed by atoms with Gasteiger partial charge in [0.15, 0.2) is 0 Å². The van der Waals surface area contributed by atoms with Crippen molar-refractivity contribution in [3.05, 3.63) is 108 Å². The molecule has 1 saturated heterocycles. The molecule has 0 radical (unpaired) electrons. The number of benzene rings is 3. The van der Waals surface area contributed by atoms with E-state index in [9.17, 15) is 4.79 Å². The first kappa shape index (κ1) is 23.3. The van der Waals surface area contributed by atoms with Crippen molar-refractivity contribution >= 4 is 35.5 Å². The van der Waals surface area contributed by atoms with Crippen LogP contribution in [0, 0.1) is 5.92 Å². The molecule has 1 atom stereocenters. The Balaban J connectivity index is 1.79. The molecule has 1 unspecified atom stereocenters. The number of carbonyl (C=O) groups is 1. The standard InChI is InChI=1S/C27H29N2O2PS/c1-3-31-27(30)26(21-23-13-7-4-8-14-23)22(2)32(33)28(24-15-9-5-10-16-24)19-20-29(32)25-17-11-6-12-18-25/h4-18,26H,2-3,19-21H2,1H3. The summed E-state index contributed by atoms with van der Waals surface area (Å²) >= 11 is 6.55. The van der Waals surface area contributed by atoms with E-state index in [-0.39, 0.29) is 5.97 Å². The third-order valence-corrected chi connectivity index (χ3v) is 11.0. The maximum absolute atomic E-state index is 13.2. The molecule has 6 heteroatoms. The molecule has 0 amide bonds. The van der Waals surface area contributed by atoms with E-state index in [4.69, 9.17) is 16.5 Å². The molecular weight excluding hydrogens is 447 g/mol. The Kier molecular flexibility index (Phi) is 7.32. The van der Waals surface area contributed by atoms with Crippen molar-refractivity contribution in [1.82, 2.24) is 0 Å². The van der Waals surface area contributed by atoms with Gasteiger partial charge in [0.1, 0.15) is 6.34 Å². The van der Waals surface area contributed by atoms with Gasteiger partial charge in [-0.2, -0.15) is 0 Å². The van der Waals surface area contributed by atoms with Crippen molar-refractivity contribution in [2.45, 2.75) is 13.3 Å². The van der Waals surface area contributed by atoms with Crippen LogP contribution in [0.5, 0.6) is 0 Å². The van der Waals surface area contributed by atoms with E-state index in [1.807, 2.05) is 73.7 Å². The highest BCUT2D eigenvalue weighted by Gasteiger charge is 2.45. The maximum atomic E-state index is 13.2. The second-order valence-electron chi connectivity index (χ2n) is 7.95. The molecule has 1 aliphatic heterocycles. The van der Waals surface area contributed by atoms with Crippen LogP contribution < -0.4 is 9.34 Å². The van der Waals surface area contributed by atoms with Gasteiger partial charge >= 0.3 is 5.97 Å². The van der Waals surface area contributed by atoms with Crippen molar-refractivity contribution in [2.24, 2.45) is 5.92 Å². The van der Waals surface area contributed by atoms with Gasteiger partial charge in [0, 0.05) is 29.8 Å². The number of anilines is 2. The number of ether oxygens (including phenoxy) is 1. The Hall–Kier alpha value is -2.88. The molecule has 33 heavy (non-hydrogen) atoms. The van der Waals surface area contributed by atoms with Crippen molar-refractivity contribution in [3.63, 3.8) is 0 Å². The van der Waals surface area contributed by atoms with Crippen LogP contribution in [0.4, 0.5) is 11.4 Å². The van der Waals surface area contributed by atoms with Gasteiger partial charge in [-0.25, -0.2) is 0 Å². The van der Waals surface area contributed by atoms with E-state index in [0.29, 0.717) is 13.0 Å². The van der Waals surface area contributed by atoms with Crippen LogP contribution in [0.2, 0.25) is 0 Å². The van der Waals surface area contributed by atoms with Crippen molar-refractivity contribution < 1.29 is 9.53 Å². The fourth-order valence-corrected chi connectivity index (χ4v) is 8.84. The zero-order chi connectivity index (χ0) is 23.3. The molecule has 1 heterocycles. The first-order valence-electron chi connectivity index (χ1n) is 11.2. The molecule has 1 fully saturated rings. The number of hydrogen-bond donors (Lipinski definition) is 0. The summed E-state index contributed by atoms with van der Waals surface area (Å²) in [5, 5.41) is 0.769. The van der Waals surface area contributed by atoms with E-state index < -0.39 is 12.3 Å². The summed E-state index contributed by atoms with van der Waals surface area (Å²) in [4.78, 5) is 13.2. The number of hydrogen-bond acceptors (Lipinski definition) is 3. The lowest BCUT2D eigenvalue weighted by molar-refractivity contribution is -0.146. The lowest BCUT2D eigenvalue weighted by Gasteiger charge is -2.39. The van der Waals surface area contributed by atoms with Gasteiger partial charge in [0.25, 0.3) is 0 Å². The Morgan fingerprint density at radius 2 is 1.36 bits per heavy atom. The van der Waals surface area contributed by atoms with Crippen molar-refractivity contribution in [3.8, 4) is 0 Å². The second kappa shape index (κ2) is 10.4. The molecule has 0 saturated carbocycles. The Bertz CT molecular complexity index is 1090. The molecule has 0 aromatic heterocycles. The minimum Gasteiger partial charge on any atom is -0.466 e. The van der Waals surface area contributed by atoms with Gasteiger partial charge in [0.2, 0.25) is 0 Å². The summed E-state index contributed by atoms with van der Waals surface area (Å²) in [6.07, 6.45) is -2.08. The summed E-state index contributed by atoms with van der Waals surface area (Å²) in [6, 6.07) is 30.5. The second-order valence-corrected chi connectivity index (χ2v) is 12.1. The number of rotatable bonds is 8. The van der Waals surface area contributed by atoms with Crippen LogP contribution in [0.25, 0.3) is 0 Å². The molecule has 0 N–H and O–H groups in total. The predicted molar refractivity (Wildman–Crippen MR) is 141 cm³/mol. The SMILES string of the molecule is C=C(C(Cc1ccccc1)C(=O)OCC)P1(=S)N(c2ccccc2)CCN1c1ccccc1. The molecular formula is C27H29N2O2PS. The highest BCUT2D eigenvalue weighted by atomic mass is 32.4. The molecule has 4 rings (SSSR count). The third-order valence-electron chi connectivity index (χ3n) is 5.92. The number of esters is 1. The Morgan fingerprint density at radius 3 is 1.82 bits per heavy atom. The van der Waals surface area contributed by atoms with Gasteiger partial charge < -0.3 is 14.1 Å². The van der Waals surface area contributed by atoms with Gasteiger partial charge in [-0.15, -0.1) is 0 Å². The number of carbonyl (C=O) groups excluding carboxylic acids is 1. The van der Waals surface area contributed by atoms with Crippen molar-refractivity contribution in [2.75, 3.05) is 29.0 Å². The van der Waals surface area contributed by atoms with E-state index in [1.165, 1.54) is 0 Å². The first-order valence-corrected chi connectivity index (χ1v) is 13.9. The molecule has 0 bridgehead atoms. The summed E-state index contributed by atoms with van der Waals surface area (Å²) in [5.74, 6) is -0.780. The normalized spacial score (nSPS) is 15.8. The lowest BCUT2D eigenvalue weighted by atomic mass is 9.99. The summed E-state index contributed by atoms with van der Waals surface area (Å²) in [5.41, 5.74) is 3.18. The molecule has 170 valence electrons. The average molecular weight is 477 g/mol. The first-order chi connectivity index (χ1) is 16.1. The highest BCUT2D eigenvalue weighted by molar-refractivity contribution is 8.18. The molecule has 1 aliphatic rings. The van der Waals surface area contributed by atoms with Crippen LogP contribution in [-0.2, 0) is 27.8 Å². The minimum absolute atomic E-state index is 0.261. The summed E-state index contributed by atoms with van der Waals surface area (Å²) in [6.45, 7) is 8.23. The van der Waals surface area contributed by atoms with Crippen LogP contribution in [0.3, 0.4) is 0 Å². The molecule has 3 aromatic rings. The van der Waals surface area contributed by atoms with Crippen LogP contribution in [-0.4, -0.2) is 25.7 Å². The summed E-state index contributed by atoms with van der Waals surface area (Å²) in [7, 11) is 0. The number of para-hydroxylation sites is 2. The fourth-order valence-electron chi connectivity index (χ4n) is 4.31. The molecule has 4 nitrogen and oxygen atoms in total. The maximum Gasteiger partial charge on any atom is 0.313 e. The van der Waals surface area contributed by atoms with Gasteiger partial charge in [-0.1, -0.05) is 73.3 Å². The zero-order valence-corrected chi connectivity index (χ0v) is 20.6. The van der Waals surface area contributed by atoms with Crippen LogP contribution in [0.1, 0.15) is 12.5 Å². The fraction of sp³-hybridized carbons (Fsp3) is 0.222. The Labute approximate surface area is 201 Å². The summed E-state index contributed by atoms with van der Waals surface area (Å²) < 4.78 is 10.1. The van der Waals surface area contributed by atoms with E-state index >= 15 is 0 Å². The largest absolute Gasteiger partial charge is 0.466 e. The monoisotopic (exact) mass is 476 g/mol. The topological polar surface area (TPSA) is 32.8 Å². The lowest BCUT2D eigenvalue weighted by Crippen LogP contribution is -2.28. The van der Waals surface area contributed by atoms with E-state index in [0.717, 1.165) is 35.3 Å². The molecule has 0 aliphatic carbocycles. The van der Waals surface area contributed by atoms with Crippen LogP contribution >= 0.6 is 6.34 Å². The predicted octanol–water partition coefficient (Wildman–Crippen LogP) is 6.26. The zero-order valence-electron chi connectivity index (χ0n) is 18.8. The minimum atomic E-state index is -2.59. The highest BCUT2D eigenvalue weighted by Crippen LogP contribution is 2.67. The van der Waals surface area contributed by atoms with E-state index in [2.05, 4.69) is 40.2 Å². The van der Waals surface area contributed by atoms with E-state index in [1.54, 1.807) is 0 Å². The van der Waals surface area contributed by atoms with Crippen molar-refractivity contribution in [1.29, 1.82) is 0 Å². The molecule has 3 aromatic carbocycles. The van der Waals surface area contributed by atoms with Gasteiger partial charge in [-0.05, 0) is 55.0 Å². The van der Waals surface area contributed by atoms with Gasteiger partial charge in [0.05, 0.1) is 12.5 Å². The Morgan fingerprint density at radius 1 is 0.909 bits per heavy atom.